The number of nitrogens with two attached hydrogens (primary N) is 1. The largest absolute Gasteiger partial charge is 0.492 e. The van der Waals surface area contributed by atoms with Crippen LogP contribution in [0.3, 0.4) is 0 Å². The molecule has 0 fully saturated rings. The highest BCUT2D eigenvalue weighted by Gasteiger charge is 2.24. The molecule has 0 radical (unpaired) electrons. The molecule has 2 aromatic rings. The molecule has 0 aromatic heterocycles. The molecule has 0 spiro atoms. The van der Waals surface area contributed by atoms with Crippen LogP contribution in [0.4, 0.5) is 13.6 Å². The summed E-state index contributed by atoms with van der Waals surface area (Å²) in [6.07, 6.45) is 1.73. The van der Waals surface area contributed by atoms with Gasteiger partial charge in [-0.3, -0.25) is 10.0 Å². The van der Waals surface area contributed by atoms with E-state index in [1.807, 2.05) is 0 Å². The summed E-state index contributed by atoms with van der Waals surface area (Å²) >= 11 is 0. The zero-order valence-corrected chi connectivity index (χ0v) is 16.3. The highest BCUT2D eigenvalue weighted by atomic mass is 19.1. The van der Waals surface area contributed by atoms with Gasteiger partial charge in [0.2, 0.25) is 0 Å². The van der Waals surface area contributed by atoms with E-state index in [0.29, 0.717) is 54.3 Å². The molecule has 0 aliphatic carbocycles. The minimum Gasteiger partial charge on any atom is -0.492 e. The fraction of sp³-hybridized carbons (Fsp3) is 0.333. The number of amides is 3. The molecule has 1 aliphatic heterocycles. The van der Waals surface area contributed by atoms with Gasteiger partial charge < -0.3 is 15.4 Å². The van der Waals surface area contributed by atoms with E-state index in [0.717, 1.165) is 11.6 Å². The van der Waals surface area contributed by atoms with Crippen molar-refractivity contribution in [3.05, 3.63) is 64.7 Å². The average Bonchev–Trinajstić information content (AvgIpc) is 2.69. The minimum atomic E-state index is -0.961. The normalized spacial score (nSPS) is 13.2. The van der Waals surface area contributed by atoms with E-state index in [1.54, 1.807) is 23.1 Å². The second kappa shape index (κ2) is 9.53. The lowest BCUT2D eigenvalue weighted by Crippen LogP contribution is -2.38. The summed E-state index contributed by atoms with van der Waals surface area (Å²) in [5.41, 5.74) is 6.94. The fourth-order valence-corrected chi connectivity index (χ4v) is 3.41. The van der Waals surface area contributed by atoms with Crippen molar-refractivity contribution >= 4 is 11.9 Å². The van der Waals surface area contributed by atoms with Crippen molar-refractivity contribution in [3.8, 4) is 5.75 Å². The lowest BCUT2D eigenvalue weighted by molar-refractivity contribution is -0.0464. The van der Waals surface area contributed by atoms with E-state index >= 15 is 0 Å². The Hall–Kier alpha value is -3.20. The van der Waals surface area contributed by atoms with Crippen molar-refractivity contribution in [1.29, 1.82) is 0 Å². The van der Waals surface area contributed by atoms with Crippen LogP contribution < -0.4 is 10.5 Å². The molecule has 3 amide bonds. The molecule has 2 aromatic carbocycles. The Labute approximate surface area is 172 Å². The number of ether oxygens (including phenoxy) is 1. The third kappa shape index (κ3) is 5.44. The predicted molar refractivity (Wildman–Crippen MR) is 104 cm³/mol. The van der Waals surface area contributed by atoms with Gasteiger partial charge in [0.05, 0.1) is 6.54 Å². The van der Waals surface area contributed by atoms with Crippen molar-refractivity contribution in [2.45, 2.75) is 19.3 Å². The first-order valence-corrected chi connectivity index (χ1v) is 9.59. The predicted octanol–water partition coefficient (Wildman–Crippen LogP) is 2.74. The number of aryl methyl sites for hydroxylation is 1. The number of nitrogens with zero attached hydrogens (tertiary/aromatic N) is 2. The number of hydroxylamine groups is 2. The second-order valence-corrected chi connectivity index (χ2v) is 7.05. The molecule has 1 aliphatic rings. The van der Waals surface area contributed by atoms with Crippen LogP contribution in [0.2, 0.25) is 0 Å². The van der Waals surface area contributed by atoms with Gasteiger partial charge in [0.15, 0.2) is 0 Å². The van der Waals surface area contributed by atoms with Gasteiger partial charge in [0.1, 0.15) is 24.0 Å². The number of urea groups is 1. The number of halogens is 2. The van der Waals surface area contributed by atoms with Gasteiger partial charge in [-0.15, -0.1) is 0 Å². The molecule has 30 heavy (non-hydrogen) atoms. The van der Waals surface area contributed by atoms with Gasteiger partial charge in [-0.05, 0) is 60.7 Å². The van der Waals surface area contributed by atoms with E-state index in [2.05, 4.69) is 0 Å². The number of carbonyl (C=O) groups is 2. The summed E-state index contributed by atoms with van der Waals surface area (Å²) in [6, 6.07) is 7.59. The van der Waals surface area contributed by atoms with Crippen LogP contribution in [0.1, 0.15) is 27.9 Å². The lowest BCUT2D eigenvalue weighted by atomic mass is 9.98. The van der Waals surface area contributed by atoms with Gasteiger partial charge in [-0.25, -0.2) is 18.6 Å². The summed E-state index contributed by atoms with van der Waals surface area (Å²) in [4.78, 5) is 25.2. The van der Waals surface area contributed by atoms with Gasteiger partial charge in [-0.2, -0.15) is 0 Å². The summed E-state index contributed by atoms with van der Waals surface area (Å²) in [5.74, 6) is -0.774. The zero-order valence-electron chi connectivity index (χ0n) is 16.3. The molecular formula is C21H23F2N3O4. The Kier molecular flexibility index (Phi) is 6.83. The lowest BCUT2D eigenvalue weighted by Gasteiger charge is -2.29. The van der Waals surface area contributed by atoms with Gasteiger partial charge in [-0.1, -0.05) is 0 Å². The second-order valence-electron chi connectivity index (χ2n) is 7.05. The van der Waals surface area contributed by atoms with Crippen LogP contribution in [0.15, 0.2) is 36.4 Å². The van der Waals surface area contributed by atoms with Gasteiger partial charge >= 0.3 is 6.03 Å². The SMILES string of the molecule is NC(=O)N(O)CCOc1ccc2c(c1)CCN(CCCc1cc(F)cc(F)c1)C2=O. The highest BCUT2D eigenvalue weighted by Crippen LogP contribution is 2.24. The molecule has 9 heteroatoms. The van der Waals surface area contributed by atoms with Crippen LogP contribution >= 0.6 is 0 Å². The number of benzene rings is 2. The van der Waals surface area contributed by atoms with E-state index in [9.17, 15) is 23.6 Å². The molecule has 3 rings (SSSR count). The zero-order chi connectivity index (χ0) is 21.7. The number of hydrogen-bond donors (Lipinski definition) is 2. The highest BCUT2D eigenvalue weighted by molar-refractivity contribution is 5.96. The van der Waals surface area contributed by atoms with E-state index in [4.69, 9.17) is 10.5 Å². The van der Waals surface area contributed by atoms with E-state index < -0.39 is 17.7 Å². The molecule has 0 unspecified atom stereocenters. The molecule has 0 atom stereocenters. The Bertz CT molecular complexity index is 918. The first-order valence-electron chi connectivity index (χ1n) is 9.59. The van der Waals surface area contributed by atoms with Gasteiger partial charge in [0, 0.05) is 24.7 Å². The first kappa shape index (κ1) is 21.5. The van der Waals surface area contributed by atoms with Gasteiger partial charge in [0.25, 0.3) is 5.91 Å². The van der Waals surface area contributed by atoms with E-state index in [1.165, 1.54) is 12.1 Å². The number of primary amides is 1. The monoisotopic (exact) mass is 419 g/mol. The third-order valence-electron chi connectivity index (χ3n) is 4.89. The standard InChI is InChI=1S/C21H23F2N3O4/c22-16-10-14(11-17(23)13-16)2-1-6-25-7-5-15-12-18(3-4-19(15)20(25)27)30-9-8-26(29)21(24)28/h3-4,10-13,29H,1-2,5-9H2,(H2,24,28). The molecule has 0 saturated carbocycles. The van der Waals surface area contributed by atoms with Crippen LogP contribution in [-0.4, -0.2) is 53.3 Å². The molecule has 7 nitrogen and oxygen atoms in total. The average molecular weight is 419 g/mol. The van der Waals surface area contributed by atoms with Crippen LogP contribution in [0.5, 0.6) is 5.75 Å². The topological polar surface area (TPSA) is 96.1 Å². The van der Waals surface area contributed by atoms with Crippen LogP contribution in [-0.2, 0) is 12.8 Å². The number of fused-ring (bicyclic) bond motifs is 1. The summed E-state index contributed by atoms with van der Waals surface area (Å²) in [5, 5.41) is 9.58. The Morgan fingerprint density at radius 2 is 1.93 bits per heavy atom. The van der Waals surface area contributed by atoms with Crippen molar-refractivity contribution in [3.63, 3.8) is 0 Å². The quantitative estimate of drug-likeness (QED) is 0.508. The molecule has 3 N–H and O–H groups in total. The smallest absolute Gasteiger partial charge is 0.338 e. The maximum Gasteiger partial charge on any atom is 0.338 e. The van der Waals surface area contributed by atoms with E-state index in [-0.39, 0.29) is 19.1 Å². The Balaban J connectivity index is 1.53. The number of rotatable bonds is 8. The van der Waals surface area contributed by atoms with Crippen LogP contribution in [0.25, 0.3) is 0 Å². The number of carbonyl (C=O) groups excluding carboxylic acids is 2. The summed E-state index contributed by atoms with van der Waals surface area (Å²) in [7, 11) is 0. The minimum absolute atomic E-state index is 0.0545. The molecule has 0 bridgehead atoms. The number of hydrogen-bond acceptors (Lipinski definition) is 4. The van der Waals surface area contributed by atoms with Crippen molar-refractivity contribution in [2.24, 2.45) is 5.73 Å². The Morgan fingerprint density at radius 1 is 1.20 bits per heavy atom. The first-order chi connectivity index (χ1) is 14.3. The molecule has 1 heterocycles. The van der Waals surface area contributed by atoms with Crippen molar-refractivity contribution in [2.75, 3.05) is 26.2 Å². The third-order valence-corrected chi connectivity index (χ3v) is 4.89. The summed E-state index contributed by atoms with van der Waals surface area (Å²) < 4.78 is 32.0. The van der Waals surface area contributed by atoms with Crippen LogP contribution in [0, 0.1) is 11.6 Å². The Morgan fingerprint density at radius 3 is 2.63 bits per heavy atom. The maximum absolute atomic E-state index is 13.3. The van der Waals surface area contributed by atoms with Crippen molar-refractivity contribution in [1.82, 2.24) is 9.96 Å². The molecular weight excluding hydrogens is 396 g/mol. The molecule has 0 saturated heterocycles. The van der Waals surface area contributed by atoms with Crippen molar-refractivity contribution < 1.29 is 28.3 Å². The molecule has 160 valence electrons. The fourth-order valence-electron chi connectivity index (χ4n) is 3.41. The summed E-state index contributed by atoms with van der Waals surface area (Å²) in [6.45, 7) is 1.01. The maximum atomic E-state index is 13.3.